The smallest absolute Gasteiger partial charge is 0.330 e. The lowest BCUT2D eigenvalue weighted by Crippen LogP contribution is -2.38. The molecule has 2 aromatic rings. The van der Waals surface area contributed by atoms with Crippen LogP contribution in [0.5, 0.6) is 0 Å². The number of carbonyl (C=O) groups is 1. The molecule has 28 heavy (non-hydrogen) atoms. The van der Waals surface area contributed by atoms with Gasteiger partial charge in [-0.15, -0.1) is 0 Å². The van der Waals surface area contributed by atoms with Crippen LogP contribution in [0.4, 0.5) is 17.2 Å². The monoisotopic (exact) mass is 387 g/mol. The van der Waals surface area contributed by atoms with Gasteiger partial charge in [0.15, 0.2) is 5.69 Å². The molecule has 10 nitrogen and oxygen atoms in total. The van der Waals surface area contributed by atoms with Gasteiger partial charge in [-0.05, 0) is 18.6 Å². The molecule has 2 rings (SSSR count). The predicted octanol–water partition coefficient (Wildman–Crippen LogP) is 1.50. The zero-order valence-corrected chi connectivity index (χ0v) is 15.5. The minimum Gasteiger partial charge on any atom is -0.383 e. The molecule has 148 valence electrons. The Kier molecular flexibility index (Phi) is 6.48. The Balaban J connectivity index is 2.37. The maximum Gasteiger partial charge on any atom is 0.330 e. The third kappa shape index (κ3) is 4.34. The van der Waals surface area contributed by atoms with Crippen LogP contribution in [-0.4, -0.2) is 27.4 Å². The molecule has 1 amide bonds. The van der Waals surface area contributed by atoms with Crippen LogP contribution in [0.3, 0.4) is 0 Å². The van der Waals surface area contributed by atoms with Gasteiger partial charge in [0.25, 0.3) is 17.2 Å². The highest BCUT2D eigenvalue weighted by Gasteiger charge is 2.19. The van der Waals surface area contributed by atoms with Crippen LogP contribution in [-0.2, 0) is 11.3 Å². The van der Waals surface area contributed by atoms with Crippen molar-refractivity contribution in [1.82, 2.24) is 9.55 Å². The number of unbranched alkanes of at least 4 members (excludes halogenated alkanes) is 1. The van der Waals surface area contributed by atoms with Crippen LogP contribution in [0.15, 0.2) is 39.9 Å². The Labute approximate surface area is 160 Å². The number of hydrogen-bond acceptors (Lipinski definition) is 6. The zero-order valence-electron chi connectivity index (χ0n) is 15.5. The van der Waals surface area contributed by atoms with E-state index in [4.69, 9.17) is 5.73 Å². The molecule has 0 saturated carbocycles. The number of carbonyl (C=O) groups excluding carboxylic acids is 1. The number of aromatic amines is 1. The molecule has 0 radical (unpaired) electrons. The fourth-order valence-corrected chi connectivity index (χ4v) is 2.62. The molecule has 1 heterocycles. The molecule has 1 aromatic carbocycles. The number of rotatable bonds is 7. The van der Waals surface area contributed by atoms with Crippen molar-refractivity contribution in [3.8, 4) is 0 Å². The lowest BCUT2D eigenvalue weighted by atomic mass is 10.1. The number of hydrogen-bond donors (Lipinski definition) is 2. The fraction of sp³-hybridized carbons (Fsp3) is 0.278. The number of nitrogen functional groups attached to an aromatic ring is 1. The van der Waals surface area contributed by atoms with Crippen LogP contribution in [0.2, 0.25) is 0 Å². The molecule has 10 heteroatoms. The molecular weight excluding hydrogens is 366 g/mol. The topological polar surface area (TPSA) is 144 Å². The van der Waals surface area contributed by atoms with Gasteiger partial charge >= 0.3 is 5.69 Å². The van der Waals surface area contributed by atoms with Gasteiger partial charge in [-0.2, -0.15) is 0 Å². The van der Waals surface area contributed by atoms with Crippen LogP contribution in [0.25, 0.3) is 6.08 Å². The second kappa shape index (κ2) is 8.80. The van der Waals surface area contributed by atoms with Gasteiger partial charge in [0.2, 0.25) is 0 Å². The Hall–Kier alpha value is -3.69. The fourth-order valence-electron chi connectivity index (χ4n) is 2.62. The second-order valence-electron chi connectivity index (χ2n) is 6.04. The summed E-state index contributed by atoms with van der Waals surface area (Å²) in [6.07, 6.45) is 3.87. The molecule has 0 atom stereocenters. The van der Waals surface area contributed by atoms with E-state index in [2.05, 4.69) is 4.98 Å². The Morgan fingerprint density at radius 2 is 2.04 bits per heavy atom. The normalized spacial score (nSPS) is 10.9. The molecule has 0 bridgehead atoms. The maximum atomic E-state index is 12.5. The number of anilines is 2. The Bertz CT molecular complexity index is 1040. The van der Waals surface area contributed by atoms with Crippen molar-refractivity contribution in [1.29, 1.82) is 0 Å². The van der Waals surface area contributed by atoms with Gasteiger partial charge in [-0.3, -0.25) is 29.3 Å². The highest BCUT2D eigenvalue weighted by molar-refractivity contribution is 6.04. The standard InChI is InChI=1S/C18H21N5O5/c1-3-4-11-22-16(19)15(17(25)20-18(22)26)21(2)14(24)10-9-12-7-5-6-8-13(12)23(27)28/h5-10H,3-4,11,19H2,1-2H3,(H,20,25,26)/b10-9+. The first-order valence-electron chi connectivity index (χ1n) is 8.59. The number of benzene rings is 1. The average molecular weight is 387 g/mol. The number of amides is 1. The zero-order chi connectivity index (χ0) is 20.8. The molecule has 0 aliphatic carbocycles. The summed E-state index contributed by atoms with van der Waals surface area (Å²) in [5, 5.41) is 11.0. The second-order valence-corrected chi connectivity index (χ2v) is 6.04. The van der Waals surface area contributed by atoms with Crippen molar-refractivity contribution in [2.75, 3.05) is 17.7 Å². The quantitative estimate of drug-likeness (QED) is 0.418. The molecule has 1 aromatic heterocycles. The van der Waals surface area contributed by atoms with Crippen molar-refractivity contribution in [2.24, 2.45) is 0 Å². The third-order valence-corrected chi connectivity index (χ3v) is 4.15. The van der Waals surface area contributed by atoms with Crippen LogP contribution < -0.4 is 21.9 Å². The number of para-hydroxylation sites is 1. The van der Waals surface area contributed by atoms with Crippen LogP contribution in [0, 0.1) is 10.1 Å². The maximum absolute atomic E-state index is 12.5. The van der Waals surface area contributed by atoms with Gasteiger partial charge in [0, 0.05) is 25.7 Å². The van der Waals surface area contributed by atoms with Gasteiger partial charge in [-0.25, -0.2) is 4.79 Å². The van der Waals surface area contributed by atoms with E-state index in [1.165, 1.54) is 35.9 Å². The Morgan fingerprint density at radius 3 is 2.68 bits per heavy atom. The third-order valence-electron chi connectivity index (χ3n) is 4.15. The van der Waals surface area contributed by atoms with E-state index in [0.29, 0.717) is 13.0 Å². The van der Waals surface area contributed by atoms with E-state index >= 15 is 0 Å². The SMILES string of the molecule is CCCCn1c(N)c(N(C)C(=O)/C=C/c2ccccc2[N+](=O)[O-])c(=O)[nH]c1=O. The summed E-state index contributed by atoms with van der Waals surface area (Å²) in [7, 11) is 1.33. The van der Waals surface area contributed by atoms with Gasteiger partial charge in [0.1, 0.15) is 5.82 Å². The first kappa shape index (κ1) is 20.6. The van der Waals surface area contributed by atoms with Crippen molar-refractivity contribution >= 4 is 29.2 Å². The average Bonchev–Trinajstić information content (AvgIpc) is 2.65. The molecular formula is C18H21N5O5. The highest BCUT2D eigenvalue weighted by atomic mass is 16.6. The molecule has 0 fully saturated rings. The summed E-state index contributed by atoms with van der Waals surface area (Å²) in [6.45, 7) is 2.25. The predicted molar refractivity (Wildman–Crippen MR) is 106 cm³/mol. The number of aromatic nitrogens is 2. The summed E-state index contributed by atoms with van der Waals surface area (Å²) in [5.41, 5.74) is 4.47. The highest BCUT2D eigenvalue weighted by Crippen LogP contribution is 2.20. The molecule has 0 spiro atoms. The first-order chi connectivity index (χ1) is 13.3. The van der Waals surface area contributed by atoms with Crippen molar-refractivity contribution in [3.63, 3.8) is 0 Å². The lowest BCUT2D eigenvalue weighted by molar-refractivity contribution is -0.385. The number of likely N-dealkylation sites (N-methyl/N-ethyl adjacent to an activating group) is 1. The molecule has 3 N–H and O–H groups in total. The number of nitrogens with one attached hydrogen (secondary N) is 1. The van der Waals surface area contributed by atoms with Crippen LogP contribution >= 0.6 is 0 Å². The van der Waals surface area contributed by atoms with E-state index in [9.17, 15) is 24.5 Å². The van der Waals surface area contributed by atoms with Crippen molar-refractivity contribution < 1.29 is 9.72 Å². The first-order valence-corrected chi connectivity index (χ1v) is 8.59. The summed E-state index contributed by atoms with van der Waals surface area (Å²) in [6, 6.07) is 5.94. The number of nitrogens with two attached hydrogens (primary N) is 1. The largest absolute Gasteiger partial charge is 0.383 e. The minimum absolute atomic E-state index is 0.114. The summed E-state index contributed by atoms with van der Waals surface area (Å²) in [5.74, 6) is -0.742. The molecule has 0 saturated heterocycles. The van der Waals surface area contributed by atoms with Crippen molar-refractivity contribution in [2.45, 2.75) is 26.3 Å². The summed E-state index contributed by atoms with van der Waals surface area (Å²) in [4.78, 5) is 50.3. The van der Waals surface area contributed by atoms with Crippen molar-refractivity contribution in [3.05, 3.63) is 66.9 Å². The number of nitrogens with zero attached hydrogens (tertiary/aromatic N) is 3. The van der Waals surface area contributed by atoms with Gasteiger partial charge in [-0.1, -0.05) is 25.5 Å². The van der Waals surface area contributed by atoms with Gasteiger partial charge < -0.3 is 10.6 Å². The Morgan fingerprint density at radius 1 is 1.36 bits per heavy atom. The van der Waals surface area contributed by atoms with E-state index in [1.807, 2.05) is 6.92 Å². The van der Waals surface area contributed by atoms with E-state index in [-0.39, 0.29) is 22.8 Å². The van der Waals surface area contributed by atoms with Crippen LogP contribution in [0.1, 0.15) is 25.3 Å². The summed E-state index contributed by atoms with van der Waals surface area (Å²) >= 11 is 0. The molecule has 0 unspecified atom stereocenters. The number of nitro benzene ring substituents is 1. The van der Waals surface area contributed by atoms with E-state index in [1.54, 1.807) is 6.07 Å². The lowest BCUT2D eigenvalue weighted by Gasteiger charge is -2.19. The minimum atomic E-state index is -0.787. The van der Waals surface area contributed by atoms with E-state index < -0.39 is 22.1 Å². The molecule has 0 aliphatic rings. The number of H-pyrrole nitrogens is 1. The number of nitro groups is 1. The van der Waals surface area contributed by atoms with E-state index in [0.717, 1.165) is 17.4 Å². The molecule has 0 aliphatic heterocycles. The van der Waals surface area contributed by atoms with Gasteiger partial charge in [0.05, 0.1) is 10.5 Å². The summed E-state index contributed by atoms with van der Waals surface area (Å²) < 4.78 is 1.20.